The Morgan fingerprint density at radius 1 is 1.47 bits per heavy atom. The van der Waals surface area contributed by atoms with E-state index in [2.05, 4.69) is 22.4 Å². The Bertz CT molecular complexity index is 433. The van der Waals surface area contributed by atoms with E-state index in [9.17, 15) is 0 Å². The minimum atomic E-state index is 0.658. The number of hydrogen-bond acceptors (Lipinski definition) is 3. The van der Waals surface area contributed by atoms with E-state index in [1.165, 1.54) is 18.5 Å². The van der Waals surface area contributed by atoms with Crippen LogP contribution in [0.5, 0.6) is 0 Å². The zero-order valence-corrected chi connectivity index (χ0v) is 8.53. The third-order valence-corrected chi connectivity index (χ3v) is 3.34. The summed E-state index contributed by atoms with van der Waals surface area (Å²) in [5.74, 6) is 0. The number of hydrogen-bond donors (Lipinski definition) is 1. The highest BCUT2D eigenvalue weighted by molar-refractivity contribution is 5.74. The van der Waals surface area contributed by atoms with Crippen LogP contribution >= 0.6 is 0 Å². The molecule has 3 rings (SSSR count). The van der Waals surface area contributed by atoms with E-state index in [0.717, 1.165) is 24.3 Å². The van der Waals surface area contributed by atoms with Crippen LogP contribution in [0.25, 0.3) is 0 Å². The van der Waals surface area contributed by atoms with Crippen molar-refractivity contribution in [2.45, 2.75) is 18.9 Å². The summed E-state index contributed by atoms with van der Waals surface area (Å²) < 4.78 is 0. The van der Waals surface area contributed by atoms with Gasteiger partial charge in [-0.2, -0.15) is 5.26 Å². The molecular formula is C12H13N3. The van der Waals surface area contributed by atoms with Crippen LogP contribution in [0.3, 0.4) is 0 Å². The summed E-state index contributed by atoms with van der Waals surface area (Å²) in [4.78, 5) is 2.47. The number of rotatable bonds is 0. The lowest BCUT2D eigenvalue weighted by Gasteiger charge is -2.34. The van der Waals surface area contributed by atoms with Gasteiger partial charge in [0.15, 0.2) is 0 Å². The summed E-state index contributed by atoms with van der Waals surface area (Å²) >= 11 is 0. The van der Waals surface area contributed by atoms with Crippen LogP contribution in [0.15, 0.2) is 18.2 Å². The quantitative estimate of drug-likeness (QED) is 0.694. The average Bonchev–Trinajstić information content (AvgIpc) is 2.76. The Labute approximate surface area is 89.3 Å². The van der Waals surface area contributed by atoms with Crippen LogP contribution in [0.4, 0.5) is 11.4 Å². The van der Waals surface area contributed by atoms with Crippen molar-refractivity contribution in [1.29, 1.82) is 5.26 Å². The first kappa shape index (κ1) is 8.60. The molecule has 0 amide bonds. The molecule has 0 bridgehead atoms. The minimum Gasteiger partial charge on any atom is -0.381 e. The number of anilines is 2. The fraction of sp³-hybridized carbons (Fsp3) is 0.417. The predicted octanol–water partition coefficient (Wildman–Crippen LogP) is 1.95. The van der Waals surface area contributed by atoms with Crippen molar-refractivity contribution >= 4 is 11.4 Å². The summed E-state index contributed by atoms with van der Waals surface area (Å²) in [5, 5.41) is 12.3. The van der Waals surface area contributed by atoms with Crippen molar-refractivity contribution in [1.82, 2.24) is 0 Å². The normalized spacial score (nSPS) is 22.6. The first-order valence-corrected chi connectivity index (χ1v) is 5.43. The maximum Gasteiger partial charge on any atom is 0.0992 e. The molecular weight excluding hydrogens is 186 g/mol. The van der Waals surface area contributed by atoms with Crippen LogP contribution < -0.4 is 10.2 Å². The summed E-state index contributed by atoms with van der Waals surface area (Å²) in [6.45, 7) is 2.17. The van der Waals surface area contributed by atoms with Crippen molar-refractivity contribution in [3.05, 3.63) is 23.8 Å². The summed E-state index contributed by atoms with van der Waals surface area (Å²) in [6, 6.07) is 8.76. The van der Waals surface area contributed by atoms with Gasteiger partial charge in [-0.05, 0) is 31.0 Å². The average molecular weight is 199 g/mol. The van der Waals surface area contributed by atoms with Gasteiger partial charge in [0.25, 0.3) is 0 Å². The lowest BCUT2D eigenvalue weighted by molar-refractivity contribution is 0.683. The largest absolute Gasteiger partial charge is 0.381 e. The Morgan fingerprint density at radius 2 is 2.40 bits per heavy atom. The van der Waals surface area contributed by atoms with Crippen molar-refractivity contribution in [3.63, 3.8) is 0 Å². The molecule has 76 valence electrons. The van der Waals surface area contributed by atoms with Crippen LogP contribution in [0.2, 0.25) is 0 Å². The number of benzene rings is 1. The molecule has 2 aliphatic rings. The third-order valence-electron chi connectivity index (χ3n) is 3.34. The Kier molecular flexibility index (Phi) is 1.81. The van der Waals surface area contributed by atoms with Gasteiger partial charge in [0, 0.05) is 19.1 Å². The molecule has 0 aromatic heterocycles. The maximum absolute atomic E-state index is 8.84. The Morgan fingerprint density at radius 3 is 3.27 bits per heavy atom. The van der Waals surface area contributed by atoms with Gasteiger partial charge in [-0.25, -0.2) is 0 Å². The first-order chi connectivity index (χ1) is 7.38. The van der Waals surface area contributed by atoms with Gasteiger partial charge in [-0.15, -0.1) is 0 Å². The second kappa shape index (κ2) is 3.16. The van der Waals surface area contributed by atoms with Gasteiger partial charge in [0.1, 0.15) is 0 Å². The standard InChI is InChI=1S/C12H13N3/c13-7-9-3-4-12-11(6-9)14-8-10-2-1-5-15(10)12/h3-4,6,10,14H,1-2,5,8H2/t10-/m0/s1. The summed E-state index contributed by atoms with van der Waals surface area (Å²) in [6.07, 6.45) is 2.57. The van der Waals surface area contributed by atoms with E-state index >= 15 is 0 Å². The van der Waals surface area contributed by atoms with Crippen LogP contribution in [-0.4, -0.2) is 19.1 Å². The minimum absolute atomic E-state index is 0.658. The molecule has 0 spiro atoms. The topological polar surface area (TPSA) is 39.1 Å². The highest BCUT2D eigenvalue weighted by Crippen LogP contribution is 2.36. The molecule has 15 heavy (non-hydrogen) atoms. The molecule has 1 N–H and O–H groups in total. The molecule has 3 nitrogen and oxygen atoms in total. The van der Waals surface area contributed by atoms with E-state index in [-0.39, 0.29) is 0 Å². The Balaban J connectivity index is 2.05. The SMILES string of the molecule is N#Cc1ccc2c(c1)NC[C@@H]1CCCN21. The highest BCUT2D eigenvalue weighted by atomic mass is 15.2. The summed E-state index contributed by atoms with van der Waals surface area (Å²) in [7, 11) is 0. The van der Waals surface area contributed by atoms with Gasteiger partial charge in [-0.1, -0.05) is 0 Å². The molecule has 1 aromatic rings. The van der Waals surface area contributed by atoms with Crippen molar-refractivity contribution in [2.24, 2.45) is 0 Å². The molecule has 2 heterocycles. The van der Waals surface area contributed by atoms with Crippen molar-refractivity contribution in [2.75, 3.05) is 23.3 Å². The second-order valence-corrected chi connectivity index (χ2v) is 4.21. The van der Waals surface area contributed by atoms with Gasteiger partial charge in [0.05, 0.1) is 23.0 Å². The monoisotopic (exact) mass is 199 g/mol. The zero-order chi connectivity index (χ0) is 10.3. The maximum atomic E-state index is 8.84. The molecule has 0 unspecified atom stereocenters. The van der Waals surface area contributed by atoms with E-state index in [4.69, 9.17) is 5.26 Å². The first-order valence-electron chi connectivity index (χ1n) is 5.43. The molecule has 0 saturated carbocycles. The molecule has 1 atom stereocenters. The van der Waals surface area contributed by atoms with Crippen LogP contribution in [-0.2, 0) is 0 Å². The second-order valence-electron chi connectivity index (χ2n) is 4.21. The number of nitrogens with one attached hydrogen (secondary N) is 1. The lowest BCUT2D eigenvalue weighted by Crippen LogP contribution is -2.39. The fourth-order valence-electron chi connectivity index (χ4n) is 2.59. The molecule has 1 aromatic carbocycles. The van der Waals surface area contributed by atoms with Crippen molar-refractivity contribution < 1.29 is 0 Å². The summed E-state index contributed by atoms with van der Waals surface area (Å²) in [5.41, 5.74) is 3.12. The van der Waals surface area contributed by atoms with E-state index in [1.807, 2.05) is 12.1 Å². The van der Waals surface area contributed by atoms with Gasteiger partial charge in [-0.3, -0.25) is 0 Å². The van der Waals surface area contributed by atoms with Gasteiger partial charge >= 0.3 is 0 Å². The van der Waals surface area contributed by atoms with Crippen LogP contribution in [0, 0.1) is 11.3 Å². The fourth-order valence-corrected chi connectivity index (χ4v) is 2.59. The lowest BCUT2D eigenvalue weighted by atomic mass is 10.1. The molecule has 2 aliphatic heterocycles. The third kappa shape index (κ3) is 1.25. The molecule has 0 radical (unpaired) electrons. The van der Waals surface area contributed by atoms with Crippen molar-refractivity contribution in [3.8, 4) is 6.07 Å². The zero-order valence-electron chi connectivity index (χ0n) is 8.53. The highest BCUT2D eigenvalue weighted by Gasteiger charge is 2.29. The predicted molar refractivity (Wildman–Crippen MR) is 60.0 cm³/mol. The number of nitrogens with zero attached hydrogens (tertiary/aromatic N) is 2. The van der Waals surface area contributed by atoms with E-state index in [1.54, 1.807) is 0 Å². The molecule has 1 saturated heterocycles. The van der Waals surface area contributed by atoms with Gasteiger partial charge < -0.3 is 10.2 Å². The molecule has 3 heteroatoms. The van der Waals surface area contributed by atoms with E-state index < -0.39 is 0 Å². The Hall–Kier alpha value is -1.69. The number of fused-ring (bicyclic) bond motifs is 3. The smallest absolute Gasteiger partial charge is 0.0992 e. The molecule has 0 aliphatic carbocycles. The van der Waals surface area contributed by atoms with Crippen LogP contribution in [0.1, 0.15) is 18.4 Å². The van der Waals surface area contributed by atoms with E-state index in [0.29, 0.717) is 6.04 Å². The molecule has 1 fully saturated rings. The number of nitriles is 1. The van der Waals surface area contributed by atoms with Gasteiger partial charge in [0.2, 0.25) is 0 Å².